The molecular formula is C24H20N2OS. The molecule has 0 radical (unpaired) electrons. The van der Waals surface area contributed by atoms with Crippen molar-refractivity contribution in [3.8, 4) is 12.3 Å². The minimum atomic E-state index is 0.0255. The minimum Gasteiger partial charge on any atom is -0.284 e. The van der Waals surface area contributed by atoms with Crippen molar-refractivity contribution in [2.24, 2.45) is 0 Å². The molecule has 2 heterocycles. The molecule has 2 aromatic carbocycles. The Hall–Kier alpha value is -2.90. The third-order valence-corrected chi connectivity index (χ3v) is 6.82. The summed E-state index contributed by atoms with van der Waals surface area (Å²) in [5, 5.41) is 3.19. The van der Waals surface area contributed by atoms with Crippen LogP contribution >= 0.6 is 11.3 Å². The number of hydrogen-bond acceptors (Lipinski definition) is 3. The summed E-state index contributed by atoms with van der Waals surface area (Å²) < 4.78 is 1.70. The van der Waals surface area contributed by atoms with Gasteiger partial charge in [-0.25, -0.2) is 4.98 Å². The van der Waals surface area contributed by atoms with Gasteiger partial charge in [0.15, 0.2) is 0 Å². The fraction of sp³-hybridized carbons (Fsp3) is 0.250. The van der Waals surface area contributed by atoms with Crippen LogP contribution in [0.1, 0.15) is 34.7 Å². The van der Waals surface area contributed by atoms with Crippen LogP contribution in [0.5, 0.6) is 0 Å². The SMILES string of the molecule is C#CCn1c(Cc2cccc3ccccc23)nc2sc3c(c2c1=O)CCCC3. The lowest BCUT2D eigenvalue weighted by Crippen LogP contribution is -2.25. The van der Waals surface area contributed by atoms with Crippen LogP contribution in [0.4, 0.5) is 0 Å². The molecule has 0 N–H and O–H groups in total. The first-order chi connectivity index (χ1) is 13.8. The average molecular weight is 385 g/mol. The Morgan fingerprint density at radius 3 is 2.82 bits per heavy atom. The zero-order valence-electron chi connectivity index (χ0n) is 15.6. The predicted molar refractivity (Wildman–Crippen MR) is 116 cm³/mol. The van der Waals surface area contributed by atoms with Crippen LogP contribution in [0.3, 0.4) is 0 Å². The highest BCUT2D eigenvalue weighted by molar-refractivity contribution is 7.18. The molecule has 0 atom stereocenters. The number of rotatable bonds is 3. The average Bonchev–Trinajstić information content (AvgIpc) is 3.09. The lowest BCUT2D eigenvalue weighted by atomic mass is 9.97. The van der Waals surface area contributed by atoms with Gasteiger partial charge in [-0.2, -0.15) is 0 Å². The van der Waals surface area contributed by atoms with Crippen molar-refractivity contribution in [1.82, 2.24) is 9.55 Å². The lowest BCUT2D eigenvalue weighted by molar-refractivity contribution is 0.694. The van der Waals surface area contributed by atoms with E-state index in [0.29, 0.717) is 6.42 Å². The van der Waals surface area contributed by atoms with Gasteiger partial charge in [-0.3, -0.25) is 9.36 Å². The summed E-state index contributed by atoms with van der Waals surface area (Å²) in [7, 11) is 0. The summed E-state index contributed by atoms with van der Waals surface area (Å²) in [6, 6.07) is 14.6. The topological polar surface area (TPSA) is 34.9 Å². The molecule has 1 aliphatic rings. The molecule has 0 bridgehead atoms. The van der Waals surface area contributed by atoms with E-state index in [2.05, 4.69) is 36.3 Å². The van der Waals surface area contributed by atoms with Crippen molar-refractivity contribution in [3.05, 3.63) is 74.6 Å². The van der Waals surface area contributed by atoms with Gasteiger partial charge in [-0.1, -0.05) is 48.4 Å². The van der Waals surface area contributed by atoms with Gasteiger partial charge in [-0.05, 0) is 47.6 Å². The molecule has 5 rings (SSSR count). The predicted octanol–water partition coefficient (Wildman–Crippen LogP) is 4.71. The van der Waals surface area contributed by atoms with Gasteiger partial charge in [0.05, 0.1) is 11.9 Å². The fourth-order valence-electron chi connectivity index (χ4n) is 4.29. The van der Waals surface area contributed by atoms with E-state index in [4.69, 9.17) is 11.4 Å². The van der Waals surface area contributed by atoms with Crippen molar-refractivity contribution >= 4 is 32.3 Å². The van der Waals surface area contributed by atoms with Crippen LogP contribution in [0.25, 0.3) is 21.0 Å². The second-order valence-corrected chi connectivity index (χ2v) is 8.41. The Morgan fingerprint density at radius 2 is 1.93 bits per heavy atom. The molecule has 0 saturated carbocycles. The Bertz CT molecular complexity index is 1300. The minimum absolute atomic E-state index is 0.0255. The Kier molecular flexibility index (Phi) is 4.26. The normalized spacial score (nSPS) is 13.5. The molecule has 2 aromatic heterocycles. The molecule has 1 aliphatic carbocycles. The van der Waals surface area contributed by atoms with Gasteiger partial charge in [0.1, 0.15) is 10.7 Å². The van der Waals surface area contributed by atoms with Crippen LogP contribution in [0, 0.1) is 12.3 Å². The molecule has 0 spiro atoms. The smallest absolute Gasteiger partial charge is 0.263 e. The van der Waals surface area contributed by atoms with Gasteiger partial charge in [0, 0.05) is 11.3 Å². The number of benzene rings is 2. The second kappa shape index (κ2) is 6.92. The maximum absolute atomic E-state index is 13.4. The highest BCUT2D eigenvalue weighted by atomic mass is 32.1. The summed E-state index contributed by atoms with van der Waals surface area (Å²) in [4.78, 5) is 20.5. The van der Waals surface area contributed by atoms with Crippen molar-refractivity contribution in [1.29, 1.82) is 0 Å². The fourth-order valence-corrected chi connectivity index (χ4v) is 5.56. The lowest BCUT2D eigenvalue weighted by Gasteiger charge is -2.13. The standard InChI is InChI=1S/C24H20N2OS/c1-2-14-26-21(15-17-10-7-9-16-8-3-4-11-18(16)17)25-23-22(24(26)27)19-12-5-6-13-20(19)28-23/h1,3-4,7-11H,5-6,12-15H2. The quantitative estimate of drug-likeness (QED) is 0.479. The number of hydrogen-bond donors (Lipinski definition) is 0. The van der Waals surface area contributed by atoms with Gasteiger partial charge in [0.2, 0.25) is 0 Å². The second-order valence-electron chi connectivity index (χ2n) is 7.33. The first-order valence-electron chi connectivity index (χ1n) is 9.70. The molecule has 4 heteroatoms. The van der Waals surface area contributed by atoms with E-state index < -0.39 is 0 Å². The number of nitrogens with zero attached hydrogens (tertiary/aromatic N) is 2. The summed E-state index contributed by atoms with van der Waals surface area (Å²) in [6.07, 6.45) is 10.6. The van der Waals surface area contributed by atoms with E-state index in [-0.39, 0.29) is 12.1 Å². The molecule has 0 aliphatic heterocycles. The van der Waals surface area contributed by atoms with Gasteiger partial charge < -0.3 is 0 Å². The van der Waals surface area contributed by atoms with E-state index >= 15 is 0 Å². The van der Waals surface area contributed by atoms with Crippen LogP contribution < -0.4 is 5.56 Å². The highest BCUT2D eigenvalue weighted by Crippen LogP contribution is 2.34. The van der Waals surface area contributed by atoms with Crippen molar-refractivity contribution in [2.45, 2.75) is 38.6 Å². The summed E-state index contributed by atoms with van der Waals surface area (Å²) >= 11 is 1.69. The Morgan fingerprint density at radius 1 is 1.11 bits per heavy atom. The maximum atomic E-state index is 13.4. The molecule has 0 fully saturated rings. The maximum Gasteiger partial charge on any atom is 0.263 e. The Labute approximate surface area is 167 Å². The van der Waals surface area contributed by atoms with Crippen LogP contribution in [0.2, 0.25) is 0 Å². The number of fused-ring (bicyclic) bond motifs is 4. The zero-order chi connectivity index (χ0) is 19.1. The van der Waals surface area contributed by atoms with Gasteiger partial charge in [0.25, 0.3) is 5.56 Å². The summed E-state index contributed by atoms with van der Waals surface area (Å²) in [5.74, 6) is 3.41. The van der Waals surface area contributed by atoms with Crippen molar-refractivity contribution < 1.29 is 0 Å². The first kappa shape index (κ1) is 17.2. The van der Waals surface area contributed by atoms with E-state index in [1.807, 2.05) is 12.1 Å². The molecule has 0 saturated heterocycles. The number of aromatic nitrogens is 2. The molecule has 0 unspecified atom stereocenters. The first-order valence-corrected chi connectivity index (χ1v) is 10.5. The monoisotopic (exact) mass is 384 g/mol. The van der Waals surface area contributed by atoms with Crippen LogP contribution in [-0.2, 0) is 25.8 Å². The van der Waals surface area contributed by atoms with Gasteiger partial charge in [-0.15, -0.1) is 17.8 Å². The molecule has 0 amide bonds. The molecule has 3 nitrogen and oxygen atoms in total. The molecule has 28 heavy (non-hydrogen) atoms. The van der Waals surface area contributed by atoms with Crippen LogP contribution in [0.15, 0.2) is 47.3 Å². The summed E-state index contributed by atoms with van der Waals surface area (Å²) in [6.45, 7) is 0.256. The third-order valence-electron chi connectivity index (χ3n) is 5.63. The van der Waals surface area contributed by atoms with Crippen molar-refractivity contribution in [3.63, 3.8) is 0 Å². The zero-order valence-corrected chi connectivity index (χ0v) is 16.4. The number of thiophene rings is 1. The highest BCUT2D eigenvalue weighted by Gasteiger charge is 2.22. The Balaban J connectivity index is 1.71. The largest absolute Gasteiger partial charge is 0.284 e. The van der Waals surface area contributed by atoms with Gasteiger partial charge >= 0.3 is 0 Å². The van der Waals surface area contributed by atoms with Crippen LogP contribution in [-0.4, -0.2) is 9.55 Å². The van der Waals surface area contributed by atoms with Crippen molar-refractivity contribution in [2.75, 3.05) is 0 Å². The summed E-state index contributed by atoms with van der Waals surface area (Å²) in [5.41, 5.74) is 2.40. The van der Waals surface area contributed by atoms with E-state index in [0.717, 1.165) is 40.9 Å². The molecule has 138 valence electrons. The van der Waals surface area contributed by atoms with E-state index in [1.165, 1.54) is 27.6 Å². The number of terminal acetylenes is 1. The van der Waals surface area contributed by atoms with E-state index in [1.54, 1.807) is 15.9 Å². The molecular weight excluding hydrogens is 364 g/mol. The number of aryl methyl sites for hydroxylation is 2. The third kappa shape index (κ3) is 2.75. The van der Waals surface area contributed by atoms with E-state index in [9.17, 15) is 4.79 Å². The molecule has 4 aromatic rings.